The Morgan fingerprint density at radius 2 is 1.81 bits per heavy atom. The standard InChI is InChI=1S/C17H33N3O/c1-3-20(12-15-8-10-18-11-9-15)13-17(21)19-16-6-4-14(2)5-7-16/h14-16,18H,3-13H2,1-2H3,(H,19,21). The van der Waals surface area contributed by atoms with Crippen LogP contribution in [-0.4, -0.2) is 49.6 Å². The Kier molecular flexibility index (Phi) is 6.97. The van der Waals surface area contributed by atoms with E-state index in [4.69, 9.17) is 0 Å². The van der Waals surface area contributed by atoms with Crippen LogP contribution in [0.3, 0.4) is 0 Å². The Hall–Kier alpha value is -0.610. The van der Waals surface area contributed by atoms with Crippen LogP contribution >= 0.6 is 0 Å². The molecule has 2 aliphatic rings. The molecule has 2 N–H and O–H groups in total. The van der Waals surface area contributed by atoms with E-state index in [1.165, 1.54) is 25.7 Å². The van der Waals surface area contributed by atoms with E-state index >= 15 is 0 Å². The molecule has 21 heavy (non-hydrogen) atoms. The topological polar surface area (TPSA) is 44.4 Å². The zero-order valence-electron chi connectivity index (χ0n) is 13.9. The third kappa shape index (κ3) is 5.95. The summed E-state index contributed by atoms with van der Waals surface area (Å²) in [6.07, 6.45) is 7.34. The molecule has 1 saturated heterocycles. The van der Waals surface area contributed by atoms with Crippen molar-refractivity contribution in [2.75, 3.05) is 32.7 Å². The van der Waals surface area contributed by atoms with E-state index in [1.54, 1.807) is 0 Å². The van der Waals surface area contributed by atoms with Gasteiger partial charge in [-0.25, -0.2) is 0 Å². The third-order valence-electron chi connectivity index (χ3n) is 5.17. The lowest BCUT2D eigenvalue weighted by Crippen LogP contribution is -2.45. The highest BCUT2D eigenvalue weighted by molar-refractivity contribution is 5.78. The molecule has 1 heterocycles. The van der Waals surface area contributed by atoms with Gasteiger partial charge in [-0.2, -0.15) is 0 Å². The van der Waals surface area contributed by atoms with Crippen molar-refractivity contribution in [1.82, 2.24) is 15.5 Å². The highest BCUT2D eigenvalue weighted by Gasteiger charge is 2.22. The van der Waals surface area contributed by atoms with Gasteiger partial charge in [-0.05, 0) is 70.0 Å². The molecule has 1 aliphatic carbocycles. The summed E-state index contributed by atoms with van der Waals surface area (Å²) in [4.78, 5) is 14.6. The van der Waals surface area contributed by atoms with Crippen LogP contribution in [0.1, 0.15) is 52.4 Å². The number of amides is 1. The van der Waals surface area contributed by atoms with Crippen molar-refractivity contribution in [3.05, 3.63) is 0 Å². The zero-order valence-corrected chi connectivity index (χ0v) is 13.9. The minimum absolute atomic E-state index is 0.227. The second-order valence-corrected chi connectivity index (χ2v) is 7.05. The van der Waals surface area contributed by atoms with Gasteiger partial charge in [-0.15, -0.1) is 0 Å². The summed E-state index contributed by atoms with van der Waals surface area (Å²) in [5, 5.41) is 6.66. The highest BCUT2D eigenvalue weighted by atomic mass is 16.2. The molecule has 0 radical (unpaired) electrons. The van der Waals surface area contributed by atoms with Gasteiger partial charge in [0, 0.05) is 12.6 Å². The number of hydrogen-bond acceptors (Lipinski definition) is 3. The van der Waals surface area contributed by atoms with Gasteiger partial charge >= 0.3 is 0 Å². The number of carbonyl (C=O) groups excluding carboxylic acids is 1. The van der Waals surface area contributed by atoms with Gasteiger partial charge in [0.25, 0.3) is 0 Å². The molecule has 1 aliphatic heterocycles. The number of piperidine rings is 1. The molecule has 2 fully saturated rings. The Morgan fingerprint density at radius 1 is 1.14 bits per heavy atom. The fourth-order valence-corrected chi connectivity index (χ4v) is 3.62. The minimum atomic E-state index is 0.227. The minimum Gasteiger partial charge on any atom is -0.352 e. The van der Waals surface area contributed by atoms with E-state index in [-0.39, 0.29) is 5.91 Å². The van der Waals surface area contributed by atoms with Crippen molar-refractivity contribution in [3.8, 4) is 0 Å². The molecule has 4 nitrogen and oxygen atoms in total. The Bertz CT molecular complexity index is 307. The van der Waals surface area contributed by atoms with Gasteiger partial charge < -0.3 is 10.6 Å². The van der Waals surface area contributed by atoms with Crippen molar-refractivity contribution >= 4 is 5.91 Å². The van der Waals surface area contributed by atoms with Gasteiger partial charge in [0.15, 0.2) is 0 Å². The number of nitrogens with one attached hydrogen (secondary N) is 2. The lowest BCUT2D eigenvalue weighted by atomic mass is 9.87. The molecule has 0 unspecified atom stereocenters. The summed E-state index contributed by atoms with van der Waals surface area (Å²) in [5.41, 5.74) is 0. The first-order valence-electron chi connectivity index (χ1n) is 8.89. The second kappa shape index (κ2) is 8.74. The molecule has 1 saturated carbocycles. The number of carbonyl (C=O) groups is 1. The van der Waals surface area contributed by atoms with Crippen LogP contribution in [0, 0.1) is 11.8 Å². The second-order valence-electron chi connectivity index (χ2n) is 7.05. The monoisotopic (exact) mass is 295 g/mol. The Balaban J connectivity index is 1.69. The number of nitrogens with zero attached hydrogens (tertiary/aromatic N) is 1. The molecule has 0 aromatic rings. The van der Waals surface area contributed by atoms with Crippen molar-refractivity contribution in [3.63, 3.8) is 0 Å². The van der Waals surface area contributed by atoms with Crippen molar-refractivity contribution in [2.45, 2.75) is 58.4 Å². The molecule has 1 amide bonds. The normalized spacial score (nSPS) is 27.8. The molecule has 2 rings (SSSR count). The largest absolute Gasteiger partial charge is 0.352 e. The molecule has 0 atom stereocenters. The van der Waals surface area contributed by atoms with Gasteiger partial charge in [-0.3, -0.25) is 9.69 Å². The average molecular weight is 295 g/mol. The molecule has 0 spiro atoms. The van der Waals surface area contributed by atoms with Crippen LogP contribution in [0.15, 0.2) is 0 Å². The molecule has 122 valence electrons. The lowest BCUT2D eigenvalue weighted by molar-refractivity contribution is -0.123. The SMILES string of the molecule is CCN(CC(=O)NC1CCC(C)CC1)CC1CCNCC1. The van der Waals surface area contributed by atoms with Crippen molar-refractivity contribution in [1.29, 1.82) is 0 Å². The maximum absolute atomic E-state index is 12.2. The molecule has 0 aromatic carbocycles. The van der Waals surface area contributed by atoms with Gasteiger partial charge in [0.1, 0.15) is 0 Å². The molecule has 4 heteroatoms. The van der Waals surface area contributed by atoms with E-state index < -0.39 is 0 Å². The van der Waals surface area contributed by atoms with Crippen LogP contribution in [0.2, 0.25) is 0 Å². The van der Waals surface area contributed by atoms with E-state index in [0.717, 1.165) is 50.9 Å². The molecule has 0 bridgehead atoms. The first-order chi connectivity index (χ1) is 10.2. The third-order valence-corrected chi connectivity index (χ3v) is 5.17. The fraction of sp³-hybridized carbons (Fsp3) is 0.941. The van der Waals surface area contributed by atoms with Gasteiger partial charge in [0.05, 0.1) is 6.54 Å². The van der Waals surface area contributed by atoms with Crippen LogP contribution in [0.25, 0.3) is 0 Å². The summed E-state index contributed by atoms with van der Waals surface area (Å²) in [7, 11) is 0. The Labute approximate surface area is 130 Å². The van der Waals surface area contributed by atoms with Crippen molar-refractivity contribution < 1.29 is 4.79 Å². The smallest absolute Gasteiger partial charge is 0.234 e. The van der Waals surface area contributed by atoms with Crippen LogP contribution in [0.4, 0.5) is 0 Å². The van der Waals surface area contributed by atoms with Gasteiger partial charge in [0.2, 0.25) is 5.91 Å². The lowest BCUT2D eigenvalue weighted by Gasteiger charge is -2.30. The van der Waals surface area contributed by atoms with E-state index in [1.807, 2.05) is 0 Å². The van der Waals surface area contributed by atoms with E-state index in [2.05, 4.69) is 29.4 Å². The average Bonchev–Trinajstić information content (AvgIpc) is 2.50. The summed E-state index contributed by atoms with van der Waals surface area (Å²) < 4.78 is 0. The fourth-order valence-electron chi connectivity index (χ4n) is 3.62. The predicted molar refractivity (Wildman–Crippen MR) is 87.3 cm³/mol. The quantitative estimate of drug-likeness (QED) is 0.788. The number of rotatable bonds is 6. The molecular weight excluding hydrogens is 262 g/mol. The molecular formula is C17H33N3O. The van der Waals surface area contributed by atoms with Crippen LogP contribution in [-0.2, 0) is 4.79 Å². The Morgan fingerprint density at radius 3 is 2.43 bits per heavy atom. The first-order valence-corrected chi connectivity index (χ1v) is 8.89. The predicted octanol–water partition coefficient (Wildman–Crippen LogP) is 2.00. The summed E-state index contributed by atoms with van der Waals surface area (Å²) in [6.45, 7) is 9.37. The zero-order chi connectivity index (χ0) is 15.1. The summed E-state index contributed by atoms with van der Waals surface area (Å²) in [5.74, 6) is 1.82. The maximum atomic E-state index is 12.2. The summed E-state index contributed by atoms with van der Waals surface area (Å²) in [6, 6.07) is 0.422. The molecule has 0 aromatic heterocycles. The number of hydrogen-bond donors (Lipinski definition) is 2. The van der Waals surface area contributed by atoms with Gasteiger partial charge in [-0.1, -0.05) is 13.8 Å². The van der Waals surface area contributed by atoms with E-state index in [0.29, 0.717) is 12.6 Å². The van der Waals surface area contributed by atoms with Crippen LogP contribution in [0.5, 0.6) is 0 Å². The van der Waals surface area contributed by atoms with Crippen molar-refractivity contribution in [2.24, 2.45) is 11.8 Å². The van der Waals surface area contributed by atoms with E-state index in [9.17, 15) is 4.79 Å². The number of likely N-dealkylation sites (N-methyl/N-ethyl adjacent to an activating group) is 1. The first kappa shape index (κ1) is 16.8. The highest BCUT2D eigenvalue weighted by Crippen LogP contribution is 2.23. The summed E-state index contributed by atoms with van der Waals surface area (Å²) >= 11 is 0. The van der Waals surface area contributed by atoms with Crippen LogP contribution < -0.4 is 10.6 Å². The maximum Gasteiger partial charge on any atom is 0.234 e.